The summed E-state index contributed by atoms with van der Waals surface area (Å²) < 4.78 is 26.9. The number of carbonyl (C=O) groups is 2. The molecule has 1 heterocycles. The fraction of sp³-hybridized carbons (Fsp3) is 0.192. The molecule has 0 bridgehead atoms. The van der Waals surface area contributed by atoms with Gasteiger partial charge in [0.25, 0.3) is 5.91 Å². The van der Waals surface area contributed by atoms with E-state index in [2.05, 4.69) is 10.5 Å². The molecule has 0 fully saturated rings. The first-order chi connectivity index (χ1) is 16.9. The fourth-order valence-corrected chi connectivity index (χ4v) is 3.35. The first kappa shape index (κ1) is 23.6. The third kappa shape index (κ3) is 5.89. The van der Waals surface area contributed by atoms with Crippen LogP contribution in [0, 0.1) is 13.8 Å². The Labute approximate surface area is 202 Å². The molecular weight excluding hydrogens is 452 g/mol. The molecule has 0 saturated heterocycles. The maximum atomic E-state index is 12.6. The average molecular weight is 476 g/mol. The van der Waals surface area contributed by atoms with Crippen LogP contribution in [0.4, 0.5) is 0 Å². The SMILES string of the molecule is COc1cc(/C=N\NC(=O)COc2ccc(C)cc2C)ccc1OC(=O)c1ccc2c(c1)OCO2. The summed E-state index contributed by atoms with van der Waals surface area (Å²) in [6.07, 6.45) is 1.45. The lowest BCUT2D eigenvalue weighted by atomic mass is 10.1. The second-order valence-electron chi connectivity index (χ2n) is 7.72. The molecule has 3 aromatic rings. The molecule has 0 saturated carbocycles. The van der Waals surface area contributed by atoms with Gasteiger partial charge in [0.05, 0.1) is 18.9 Å². The number of aryl methyl sites for hydroxylation is 2. The van der Waals surface area contributed by atoms with Crippen molar-refractivity contribution in [1.82, 2.24) is 5.43 Å². The van der Waals surface area contributed by atoms with E-state index < -0.39 is 11.9 Å². The summed E-state index contributed by atoms with van der Waals surface area (Å²) >= 11 is 0. The van der Waals surface area contributed by atoms with E-state index >= 15 is 0 Å². The topological polar surface area (TPSA) is 105 Å². The third-order valence-corrected chi connectivity index (χ3v) is 5.09. The van der Waals surface area contributed by atoms with E-state index in [1.807, 2.05) is 32.0 Å². The van der Waals surface area contributed by atoms with Gasteiger partial charge in [0.15, 0.2) is 29.6 Å². The van der Waals surface area contributed by atoms with Gasteiger partial charge in [-0.2, -0.15) is 5.10 Å². The minimum absolute atomic E-state index is 0.116. The lowest BCUT2D eigenvalue weighted by Gasteiger charge is -2.10. The van der Waals surface area contributed by atoms with Crippen molar-refractivity contribution in [2.45, 2.75) is 13.8 Å². The normalized spacial score (nSPS) is 11.9. The van der Waals surface area contributed by atoms with Crippen molar-refractivity contribution >= 4 is 18.1 Å². The highest BCUT2D eigenvalue weighted by molar-refractivity contribution is 5.92. The Kier molecular flexibility index (Phi) is 7.15. The number of methoxy groups -OCH3 is 1. The third-order valence-electron chi connectivity index (χ3n) is 5.09. The Morgan fingerprint density at radius 1 is 0.971 bits per heavy atom. The summed E-state index contributed by atoms with van der Waals surface area (Å²) in [5.74, 6) is 1.30. The van der Waals surface area contributed by atoms with Crippen LogP contribution < -0.4 is 29.1 Å². The quantitative estimate of drug-likeness (QED) is 0.228. The molecule has 1 aliphatic heterocycles. The van der Waals surface area contributed by atoms with Crippen LogP contribution in [-0.4, -0.2) is 38.6 Å². The van der Waals surface area contributed by atoms with Crippen LogP contribution in [0.2, 0.25) is 0 Å². The molecule has 9 nitrogen and oxygen atoms in total. The molecule has 0 atom stereocenters. The number of fused-ring (bicyclic) bond motifs is 1. The molecule has 0 spiro atoms. The molecule has 0 radical (unpaired) electrons. The van der Waals surface area contributed by atoms with Crippen molar-refractivity contribution in [3.05, 3.63) is 76.9 Å². The minimum Gasteiger partial charge on any atom is -0.493 e. The van der Waals surface area contributed by atoms with Crippen molar-refractivity contribution in [3.63, 3.8) is 0 Å². The van der Waals surface area contributed by atoms with Gasteiger partial charge in [0, 0.05) is 0 Å². The van der Waals surface area contributed by atoms with Crippen LogP contribution in [0.25, 0.3) is 0 Å². The molecule has 4 rings (SSSR count). The van der Waals surface area contributed by atoms with E-state index in [-0.39, 0.29) is 19.1 Å². The van der Waals surface area contributed by atoms with Gasteiger partial charge in [-0.05, 0) is 67.4 Å². The summed E-state index contributed by atoms with van der Waals surface area (Å²) in [7, 11) is 1.46. The largest absolute Gasteiger partial charge is 0.493 e. The van der Waals surface area contributed by atoms with E-state index in [1.54, 1.807) is 36.4 Å². The fourth-order valence-electron chi connectivity index (χ4n) is 3.35. The monoisotopic (exact) mass is 476 g/mol. The van der Waals surface area contributed by atoms with Crippen molar-refractivity contribution in [1.29, 1.82) is 0 Å². The van der Waals surface area contributed by atoms with Gasteiger partial charge < -0.3 is 23.7 Å². The van der Waals surface area contributed by atoms with Crippen LogP contribution in [0.5, 0.6) is 28.7 Å². The number of hydrogen-bond acceptors (Lipinski definition) is 8. The highest BCUT2D eigenvalue weighted by atomic mass is 16.7. The number of hydrazone groups is 1. The number of esters is 1. The Hall–Kier alpha value is -4.53. The van der Waals surface area contributed by atoms with E-state index in [4.69, 9.17) is 23.7 Å². The highest BCUT2D eigenvalue weighted by Gasteiger charge is 2.18. The number of benzene rings is 3. The van der Waals surface area contributed by atoms with Gasteiger partial charge in [-0.15, -0.1) is 0 Å². The summed E-state index contributed by atoms with van der Waals surface area (Å²) in [5, 5.41) is 3.94. The minimum atomic E-state index is -0.570. The van der Waals surface area contributed by atoms with Crippen molar-refractivity contribution in [2.75, 3.05) is 20.5 Å². The summed E-state index contributed by atoms with van der Waals surface area (Å²) in [6, 6.07) is 15.4. The number of carbonyl (C=O) groups excluding carboxylic acids is 2. The molecule has 1 N–H and O–H groups in total. The Morgan fingerprint density at radius 2 is 1.77 bits per heavy atom. The molecule has 1 amide bonds. The van der Waals surface area contributed by atoms with E-state index in [0.29, 0.717) is 34.1 Å². The summed E-state index contributed by atoms with van der Waals surface area (Å²) in [6.45, 7) is 3.86. The molecule has 0 unspecified atom stereocenters. The molecular formula is C26H24N2O7. The molecule has 0 aliphatic carbocycles. The molecule has 180 valence electrons. The van der Waals surface area contributed by atoms with Gasteiger partial charge in [-0.1, -0.05) is 17.7 Å². The summed E-state index contributed by atoms with van der Waals surface area (Å²) in [5.41, 5.74) is 5.42. The Bertz CT molecular complexity index is 1290. The zero-order chi connectivity index (χ0) is 24.8. The van der Waals surface area contributed by atoms with Gasteiger partial charge in [0.1, 0.15) is 5.75 Å². The molecule has 3 aromatic carbocycles. The van der Waals surface area contributed by atoms with Crippen LogP contribution in [0.3, 0.4) is 0 Å². The number of hydrogen-bond donors (Lipinski definition) is 1. The molecule has 0 aromatic heterocycles. The van der Waals surface area contributed by atoms with Crippen molar-refractivity contribution in [3.8, 4) is 28.7 Å². The van der Waals surface area contributed by atoms with Crippen LogP contribution in [-0.2, 0) is 4.79 Å². The number of nitrogens with zero attached hydrogens (tertiary/aromatic N) is 1. The van der Waals surface area contributed by atoms with Gasteiger partial charge >= 0.3 is 5.97 Å². The lowest BCUT2D eigenvalue weighted by molar-refractivity contribution is -0.123. The smallest absolute Gasteiger partial charge is 0.343 e. The standard InChI is InChI=1S/C26H24N2O7/c1-16-4-7-20(17(2)10-16)32-14-25(29)28-27-13-18-5-8-22(23(11-18)31-3)35-26(30)19-6-9-21-24(12-19)34-15-33-21/h4-13H,14-15H2,1-3H3,(H,28,29)/b27-13-. The second-order valence-corrected chi connectivity index (χ2v) is 7.72. The number of rotatable bonds is 8. The van der Waals surface area contributed by atoms with Crippen LogP contribution >= 0.6 is 0 Å². The van der Waals surface area contributed by atoms with Gasteiger partial charge in [-0.25, -0.2) is 10.2 Å². The zero-order valence-corrected chi connectivity index (χ0v) is 19.5. The molecule has 9 heteroatoms. The second kappa shape index (κ2) is 10.6. The maximum absolute atomic E-state index is 12.6. The predicted molar refractivity (Wildman–Crippen MR) is 128 cm³/mol. The van der Waals surface area contributed by atoms with Gasteiger partial charge in [-0.3, -0.25) is 4.79 Å². The van der Waals surface area contributed by atoms with E-state index in [1.165, 1.54) is 13.3 Å². The maximum Gasteiger partial charge on any atom is 0.343 e. The molecule has 1 aliphatic rings. The van der Waals surface area contributed by atoms with Crippen LogP contribution in [0.15, 0.2) is 59.7 Å². The first-order valence-electron chi connectivity index (χ1n) is 10.7. The lowest BCUT2D eigenvalue weighted by Crippen LogP contribution is -2.24. The average Bonchev–Trinajstić information content (AvgIpc) is 3.32. The number of ether oxygens (including phenoxy) is 5. The van der Waals surface area contributed by atoms with Gasteiger partial charge in [0.2, 0.25) is 6.79 Å². The molecule has 35 heavy (non-hydrogen) atoms. The van der Waals surface area contributed by atoms with E-state index in [9.17, 15) is 9.59 Å². The number of nitrogens with one attached hydrogen (secondary N) is 1. The van der Waals surface area contributed by atoms with Crippen molar-refractivity contribution < 1.29 is 33.3 Å². The highest BCUT2D eigenvalue weighted by Crippen LogP contribution is 2.33. The van der Waals surface area contributed by atoms with Crippen LogP contribution in [0.1, 0.15) is 27.0 Å². The summed E-state index contributed by atoms with van der Waals surface area (Å²) in [4.78, 5) is 24.6. The van der Waals surface area contributed by atoms with Crippen molar-refractivity contribution in [2.24, 2.45) is 5.10 Å². The van der Waals surface area contributed by atoms with E-state index in [0.717, 1.165) is 11.1 Å². The first-order valence-corrected chi connectivity index (χ1v) is 10.7. The Morgan fingerprint density at radius 3 is 2.57 bits per heavy atom. The number of amides is 1. The Balaban J connectivity index is 1.33. The zero-order valence-electron chi connectivity index (χ0n) is 19.5. The predicted octanol–water partition coefficient (Wildman–Crippen LogP) is 3.79.